The Morgan fingerprint density at radius 1 is 1.14 bits per heavy atom. The Kier molecular flexibility index (Phi) is 6.86. The molecule has 1 aliphatic carbocycles. The lowest BCUT2D eigenvalue weighted by atomic mass is 9.90. The van der Waals surface area contributed by atoms with E-state index in [1.165, 1.54) is 5.69 Å². The third-order valence-electron chi connectivity index (χ3n) is 5.86. The van der Waals surface area contributed by atoms with E-state index < -0.39 is 0 Å². The van der Waals surface area contributed by atoms with Crippen molar-refractivity contribution in [1.29, 1.82) is 0 Å². The molecule has 0 spiro atoms. The standard InChI is InChI=1S/C22H33N5O/c1-5-10-25(11-6-2)18-8-9-20-19(17-18)21(23-27(20)12-7-3)22(28)26-15-13-24(4)14-16-26/h5-7,18H,1-3,8-17H2,4H3. The molecule has 1 atom stereocenters. The first-order valence-corrected chi connectivity index (χ1v) is 10.2. The molecule has 6 heteroatoms. The van der Waals surface area contributed by atoms with Crippen LogP contribution in [0.5, 0.6) is 0 Å². The maximum atomic E-state index is 13.3. The third kappa shape index (κ3) is 4.28. The van der Waals surface area contributed by atoms with Gasteiger partial charge < -0.3 is 9.80 Å². The first kappa shape index (κ1) is 20.6. The molecule has 0 bridgehead atoms. The van der Waals surface area contributed by atoms with Gasteiger partial charge in [-0.25, -0.2) is 0 Å². The second-order valence-electron chi connectivity index (χ2n) is 7.77. The predicted octanol–water partition coefficient (Wildman–Crippen LogP) is 1.99. The average Bonchev–Trinajstić information content (AvgIpc) is 3.06. The van der Waals surface area contributed by atoms with Gasteiger partial charge in [-0.05, 0) is 26.3 Å². The van der Waals surface area contributed by atoms with Gasteiger partial charge in [0, 0.05) is 56.6 Å². The number of amides is 1. The van der Waals surface area contributed by atoms with Gasteiger partial charge in [-0.2, -0.15) is 5.10 Å². The quantitative estimate of drug-likeness (QED) is 0.644. The molecule has 0 radical (unpaired) electrons. The van der Waals surface area contributed by atoms with Crippen LogP contribution in [0.4, 0.5) is 0 Å². The minimum absolute atomic E-state index is 0.0757. The van der Waals surface area contributed by atoms with Crippen LogP contribution < -0.4 is 0 Å². The lowest BCUT2D eigenvalue weighted by Crippen LogP contribution is -2.47. The smallest absolute Gasteiger partial charge is 0.274 e. The average molecular weight is 384 g/mol. The van der Waals surface area contributed by atoms with Crippen LogP contribution >= 0.6 is 0 Å². The number of nitrogens with zero attached hydrogens (tertiary/aromatic N) is 5. The summed E-state index contributed by atoms with van der Waals surface area (Å²) >= 11 is 0. The molecule has 0 N–H and O–H groups in total. The van der Waals surface area contributed by atoms with Crippen LogP contribution in [-0.2, 0) is 19.4 Å². The molecular formula is C22H33N5O. The van der Waals surface area contributed by atoms with E-state index in [0.29, 0.717) is 18.3 Å². The molecule has 1 aliphatic heterocycles. The number of piperazine rings is 1. The Bertz CT molecular complexity index is 720. The van der Waals surface area contributed by atoms with Crippen molar-refractivity contribution < 1.29 is 4.79 Å². The van der Waals surface area contributed by atoms with E-state index in [2.05, 4.69) is 36.6 Å². The van der Waals surface area contributed by atoms with Crippen molar-refractivity contribution in [3.8, 4) is 0 Å². The molecule has 28 heavy (non-hydrogen) atoms. The predicted molar refractivity (Wildman–Crippen MR) is 114 cm³/mol. The second kappa shape index (κ2) is 9.34. The van der Waals surface area contributed by atoms with Crippen molar-refractivity contribution in [2.24, 2.45) is 0 Å². The molecular weight excluding hydrogens is 350 g/mol. The van der Waals surface area contributed by atoms with Crippen molar-refractivity contribution >= 4 is 5.91 Å². The van der Waals surface area contributed by atoms with Crippen molar-refractivity contribution in [2.75, 3.05) is 46.3 Å². The number of hydrogen-bond acceptors (Lipinski definition) is 4. The number of aromatic nitrogens is 2. The zero-order valence-corrected chi connectivity index (χ0v) is 17.1. The van der Waals surface area contributed by atoms with Crippen LogP contribution in [0.1, 0.15) is 28.2 Å². The molecule has 1 amide bonds. The summed E-state index contributed by atoms with van der Waals surface area (Å²) in [4.78, 5) is 19.9. The highest BCUT2D eigenvalue weighted by molar-refractivity contribution is 5.94. The second-order valence-corrected chi connectivity index (χ2v) is 7.77. The molecule has 1 fully saturated rings. The van der Waals surface area contributed by atoms with Gasteiger partial charge in [0.2, 0.25) is 0 Å². The van der Waals surface area contributed by atoms with Crippen LogP contribution in [0.3, 0.4) is 0 Å². The first-order valence-electron chi connectivity index (χ1n) is 10.2. The number of allylic oxidation sites excluding steroid dienone is 1. The summed E-state index contributed by atoms with van der Waals surface area (Å²) in [6, 6.07) is 0.379. The van der Waals surface area contributed by atoms with E-state index in [4.69, 9.17) is 5.10 Å². The number of carbonyl (C=O) groups is 1. The summed E-state index contributed by atoms with van der Waals surface area (Å²) in [7, 11) is 2.10. The van der Waals surface area contributed by atoms with Crippen LogP contribution in [0.15, 0.2) is 38.0 Å². The largest absolute Gasteiger partial charge is 0.335 e. The number of hydrogen-bond donors (Lipinski definition) is 0. The Morgan fingerprint density at radius 2 is 1.82 bits per heavy atom. The Labute approximate surface area is 168 Å². The topological polar surface area (TPSA) is 44.6 Å². The number of rotatable bonds is 8. The van der Waals surface area contributed by atoms with E-state index in [1.54, 1.807) is 0 Å². The molecule has 1 aromatic heterocycles. The maximum absolute atomic E-state index is 13.3. The van der Waals surface area contributed by atoms with E-state index in [1.807, 2.05) is 27.8 Å². The van der Waals surface area contributed by atoms with Crippen LogP contribution in [0, 0.1) is 0 Å². The van der Waals surface area contributed by atoms with Gasteiger partial charge in [0.25, 0.3) is 5.91 Å². The fraction of sp³-hybridized carbons (Fsp3) is 0.545. The molecule has 1 unspecified atom stereocenters. The van der Waals surface area contributed by atoms with Gasteiger partial charge in [-0.15, -0.1) is 19.7 Å². The van der Waals surface area contributed by atoms with Gasteiger partial charge in [-0.3, -0.25) is 14.4 Å². The molecule has 2 heterocycles. The van der Waals surface area contributed by atoms with Crippen molar-refractivity contribution in [3.05, 3.63) is 54.9 Å². The number of carbonyl (C=O) groups excluding carboxylic acids is 1. The highest BCUT2D eigenvalue weighted by atomic mass is 16.2. The van der Waals surface area contributed by atoms with E-state index in [0.717, 1.165) is 64.1 Å². The molecule has 2 aliphatic rings. The highest BCUT2D eigenvalue weighted by Crippen LogP contribution is 2.28. The first-order chi connectivity index (χ1) is 13.6. The number of fused-ring (bicyclic) bond motifs is 1. The number of likely N-dealkylation sites (N-methyl/N-ethyl adjacent to an activating group) is 1. The SMILES string of the molecule is C=CCN(CC=C)C1CCc2c(c(C(=O)N3CCN(C)CC3)nn2CC=C)C1. The molecule has 0 saturated carbocycles. The lowest BCUT2D eigenvalue weighted by Gasteiger charge is -2.34. The zero-order valence-electron chi connectivity index (χ0n) is 17.1. The summed E-state index contributed by atoms with van der Waals surface area (Å²) in [5.74, 6) is 0.0757. The van der Waals surface area contributed by atoms with Gasteiger partial charge in [0.05, 0.1) is 6.54 Å². The third-order valence-corrected chi connectivity index (χ3v) is 5.86. The van der Waals surface area contributed by atoms with Crippen LogP contribution in [-0.4, -0.2) is 82.7 Å². The van der Waals surface area contributed by atoms with Crippen LogP contribution in [0.25, 0.3) is 0 Å². The molecule has 3 rings (SSSR count). The molecule has 0 aromatic carbocycles. The van der Waals surface area contributed by atoms with Gasteiger partial charge in [0.15, 0.2) is 5.69 Å². The Morgan fingerprint density at radius 3 is 2.43 bits per heavy atom. The Balaban J connectivity index is 1.88. The zero-order chi connectivity index (χ0) is 20.1. The van der Waals surface area contributed by atoms with E-state index in [9.17, 15) is 4.79 Å². The summed E-state index contributed by atoms with van der Waals surface area (Å²) < 4.78 is 1.98. The lowest BCUT2D eigenvalue weighted by molar-refractivity contribution is 0.0655. The van der Waals surface area contributed by atoms with Crippen LogP contribution in [0.2, 0.25) is 0 Å². The van der Waals surface area contributed by atoms with E-state index >= 15 is 0 Å². The minimum Gasteiger partial charge on any atom is -0.335 e. The normalized spacial score (nSPS) is 20.1. The maximum Gasteiger partial charge on any atom is 0.274 e. The van der Waals surface area contributed by atoms with E-state index in [-0.39, 0.29) is 5.91 Å². The summed E-state index contributed by atoms with van der Waals surface area (Å²) in [5.41, 5.74) is 2.97. The molecule has 152 valence electrons. The fourth-order valence-electron chi connectivity index (χ4n) is 4.29. The fourth-order valence-corrected chi connectivity index (χ4v) is 4.29. The van der Waals surface area contributed by atoms with Crippen molar-refractivity contribution in [3.63, 3.8) is 0 Å². The molecule has 1 aromatic rings. The summed E-state index contributed by atoms with van der Waals surface area (Å²) in [6.45, 7) is 17.3. The summed E-state index contributed by atoms with van der Waals surface area (Å²) in [5, 5.41) is 4.74. The minimum atomic E-state index is 0.0757. The molecule has 6 nitrogen and oxygen atoms in total. The van der Waals surface area contributed by atoms with Crippen molar-refractivity contribution in [2.45, 2.75) is 31.8 Å². The highest BCUT2D eigenvalue weighted by Gasteiger charge is 2.33. The van der Waals surface area contributed by atoms with Gasteiger partial charge in [0.1, 0.15) is 0 Å². The Hall–Kier alpha value is -2.18. The monoisotopic (exact) mass is 383 g/mol. The van der Waals surface area contributed by atoms with Crippen molar-refractivity contribution in [1.82, 2.24) is 24.5 Å². The van der Waals surface area contributed by atoms with Gasteiger partial charge in [-0.1, -0.05) is 18.2 Å². The molecule has 1 saturated heterocycles. The van der Waals surface area contributed by atoms with Gasteiger partial charge >= 0.3 is 0 Å². The summed E-state index contributed by atoms with van der Waals surface area (Å²) in [6.07, 6.45) is 8.57.